The van der Waals surface area contributed by atoms with E-state index in [2.05, 4.69) is 0 Å². The monoisotopic (exact) mass is 138 g/mol. The molecule has 0 aliphatic carbocycles. The van der Waals surface area contributed by atoms with Gasteiger partial charge in [-0.05, 0) is 26.3 Å². The summed E-state index contributed by atoms with van der Waals surface area (Å²) < 4.78 is 0. The molecule has 2 heteroatoms. The Balaban J connectivity index is 3.92. The van der Waals surface area contributed by atoms with Crippen molar-refractivity contribution >= 4 is 11.4 Å². The van der Waals surface area contributed by atoms with Gasteiger partial charge in [-0.1, -0.05) is 6.08 Å². The Morgan fingerprint density at radius 2 is 1.70 bits per heavy atom. The predicted molar refractivity (Wildman–Crippen MR) is 45.2 cm³/mol. The van der Waals surface area contributed by atoms with Crippen LogP contribution in [0.4, 0.5) is 0 Å². The number of hydrogen-bond donors (Lipinski definition) is 2. The van der Waals surface area contributed by atoms with Crippen LogP contribution in [-0.4, -0.2) is 11.4 Å². The van der Waals surface area contributed by atoms with Gasteiger partial charge in [-0.25, -0.2) is 0 Å². The predicted octanol–water partition coefficient (Wildman–Crippen LogP) is 2.40. The third-order valence-electron chi connectivity index (χ3n) is 1.31. The fourth-order valence-corrected chi connectivity index (χ4v) is 0.459. The normalized spacial score (nSPS) is 11.3. The van der Waals surface area contributed by atoms with Crippen molar-refractivity contribution in [2.45, 2.75) is 27.2 Å². The van der Waals surface area contributed by atoms with Gasteiger partial charge in [0.2, 0.25) is 0 Å². The molecule has 0 heterocycles. The summed E-state index contributed by atoms with van der Waals surface area (Å²) in [7, 11) is 0. The Hall–Kier alpha value is -0.920. The van der Waals surface area contributed by atoms with Crippen molar-refractivity contribution in [2.75, 3.05) is 0 Å². The van der Waals surface area contributed by atoms with Crippen LogP contribution >= 0.6 is 0 Å². The van der Waals surface area contributed by atoms with Gasteiger partial charge in [0.1, 0.15) is 0 Å². The van der Waals surface area contributed by atoms with E-state index in [0.717, 1.165) is 5.57 Å². The van der Waals surface area contributed by atoms with E-state index >= 15 is 0 Å². The third kappa shape index (κ3) is 4.01. The Labute approximate surface area is 62.0 Å². The summed E-state index contributed by atoms with van der Waals surface area (Å²) in [4.78, 5) is 0. The summed E-state index contributed by atoms with van der Waals surface area (Å²) in [6, 6.07) is 0. The van der Waals surface area contributed by atoms with Crippen LogP contribution in [0.15, 0.2) is 11.6 Å². The minimum Gasteiger partial charge on any atom is -0.310 e. The zero-order chi connectivity index (χ0) is 8.15. The first-order chi connectivity index (χ1) is 4.54. The van der Waals surface area contributed by atoms with Gasteiger partial charge < -0.3 is 10.8 Å². The Morgan fingerprint density at radius 1 is 1.20 bits per heavy atom. The summed E-state index contributed by atoms with van der Waals surface area (Å²) >= 11 is 0. The van der Waals surface area contributed by atoms with E-state index in [9.17, 15) is 0 Å². The van der Waals surface area contributed by atoms with Gasteiger partial charge in [0, 0.05) is 17.8 Å². The molecule has 0 rings (SSSR count). The quantitative estimate of drug-likeness (QED) is 0.563. The van der Waals surface area contributed by atoms with Crippen LogP contribution in [0.2, 0.25) is 0 Å². The minimum atomic E-state index is 0.584. The van der Waals surface area contributed by atoms with Crippen LogP contribution in [0.5, 0.6) is 0 Å². The van der Waals surface area contributed by atoms with E-state index in [0.29, 0.717) is 17.8 Å². The molecule has 0 fully saturated rings. The molecule has 0 unspecified atom stereocenters. The maximum atomic E-state index is 7.21. The van der Waals surface area contributed by atoms with Crippen LogP contribution in [0, 0.1) is 10.8 Å². The van der Waals surface area contributed by atoms with E-state index in [1.165, 1.54) is 0 Å². The van der Waals surface area contributed by atoms with Crippen molar-refractivity contribution in [3.05, 3.63) is 11.6 Å². The van der Waals surface area contributed by atoms with Crippen molar-refractivity contribution < 1.29 is 0 Å². The lowest BCUT2D eigenvalue weighted by atomic mass is 10.1. The SMILES string of the molecule is CC(=N)CC=C(C)C(C)=N. The maximum absolute atomic E-state index is 7.21. The van der Waals surface area contributed by atoms with E-state index in [-0.39, 0.29) is 0 Å². The first-order valence-corrected chi connectivity index (χ1v) is 3.30. The Kier molecular flexibility index (Phi) is 3.62. The minimum absolute atomic E-state index is 0.584. The fraction of sp³-hybridized carbons (Fsp3) is 0.500. The molecular formula is C8H14N2. The van der Waals surface area contributed by atoms with Crippen LogP contribution in [-0.2, 0) is 0 Å². The molecule has 0 saturated heterocycles. The molecule has 0 saturated carbocycles. The highest BCUT2D eigenvalue weighted by Gasteiger charge is 1.90. The highest BCUT2D eigenvalue weighted by atomic mass is 14.4. The van der Waals surface area contributed by atoms with Gasteiger partial charge >= 0.3 is 0 Å². The second kappa shape index (κ2) is 3.99. The highest BCUT2D eigenvalue weighted by Crippen LogP contribution is 1.97. The molecule has 0 aromatic carbocycles. The van der Waals surface area contributed by atoms with Crippen molar-refractivity contribution in [1.82, 2.24) is 0 Å². The molecule has 0 aliphatic rings. The van der Waals surface area contributed by atoms with Crippen LogP contribution in [0.1, 0.15) is 27.2 Å². The van der Waals surface area contributed by atoms with Gasteiger partial charge in [0.25, 0.3) is 0 Å². The topological polar surface area (TPSA) is 47.7 Å². The summed E-state index contributed by atoms with van der Waals surface area (Å²) in [6.07, 6.45) is 2.58. The second-order valence-corrected chi connectivity index (χ2v) is 2.50. The zero-order valence-corrected chi connectivity index (χ0v) is 6.78. The largest absolute Gasteiger partial charge is 0.310 e. The molecule has 0 radical (unpaired) electrons. The fourth-order valence-electron chi connectivity index (χ4n) is 0.459. The van der Waals surface area contributed by atoms with Crippen molar-refractivity contribution in [1.29, 1.82) is 10.8 Å². The lowest BCUT2D eigenvalue weighted by molar-refractivity contribution is 1.31. The molecule has 0 aromatic rings. The van der Waals surface area contributed by atoms with Gasteiger partial charge in [0.15, 0.2) is 0 Å². The van der Waals surface area contributed by atoms with E-state index in [1.54, 1.807) is 13.8 Å². The first-order valence-electron chi connectivity index (χ1n) is 3.30. The van der Waals surface area contributed by atoms with E-state index < -0.39 is 0 Å². The van der Waals surface area contributed by atoms with Crippen molar-refractivity contribution in [2.24, 2.45) is 0 Å². The highest BCUT2D eigenvalue weighted by molar-refractivity contribution is 5.95. The number of allylic oxidation sites excluding steroid dienone is 2. The average molecular weight is 138 g/mol. The summed E-state index contributed by atoms with van der Waals surface area (Å²) in [5, 5.41) is 14.3. The van der Waals surface area contributed by atoms with E-state index in [1.807, 2.05) is 13.0 Å². The maximum Gasteiger partial charge on any atom is 0.0309 e. The summed E-state index contributed by atoms with van der Waals surface area (Å²) in [5.74, 6) is 0. The van der Waals surface area contributed by atoms with Gasteiger partial charge in [-0.3, -0.25) is 0 Å². The lowest BCUT2D eigenvalue weighted by Gasteiger charge is -1.95. The number of rotatable bonds is 3. The Bertz CT molecular complexity index is 178. The zero-order valence-electron chi connectivity index (χ0n) is 6.78. The molecule has 0 aliphatic heterocycles. The van der Waals surface area contributed by atoms with Crippen molar-refractivity contribution in [3.63, 3.8) is 0 Å². The van der Waals surface area contributed by atoms with Crippen molar-refractivity contribution in [3.8, 4) is 0 Å². The Morgan fingerprint density at radius 3 is 2.00 bits per heavy atom. The van der Waals surface area contributed by atoms with Gasteiger partial charge in [0.05, 0.1) is 0 Å². The second-order valence-electron chi connectivity index (χ2n) is 2.50. The summed E-state index contributed by atoms with van der Waals surface area (Å²) in [5.41, 5.74) is 2.19. The van der Waals surface area contributed by atoms with Gasteiger partial charge in [-0.15, -0.1) is 0 Å². The molecule has 56 valence electrons. The van der Waals surface area contributed by atoms with Crippen LogP contribution < -0.4 is 0 Å². The smallest absolute Gasteiger partial charge is 0.0309 e. The van der Waals surface area contributed by atoms with E-state index in [4.69, 9.17) is 10.8 Å². The molecule has 2 nitrogen and oxygen atoms in total. The molecule has 10 heavy (non-hydrogen) atoms. The summed E-state index contributed by atoms with van der Waals surface area (Å²) in [6.45, 7) is 5.42. The average Bonchev–Trinajstić information content (AvgIpc) is 1.82. The number of hydrogen-bond acceptors (Lipinski definition) is 2. The molecular weight excluding hydrogens is 124 g/mol. The van der Waals surface area contributed by atoms with Gasteiger partial charge in [-0.2, -0.15) is 0 Å². The molecule has 0 atom stereocenters. The lowest BCUT2D eigenvalue weighted by Crippen LogP contribution is -1.92. The van der Waals surface area contributed by atoms with Crippen LogP contribution in [0.25, 0.3) is 0 Å². The molecule has 0 amide bonds. The molecule has 2 N–H and O–H groups in total. The molecule has 0 aromatic heterocycles. The molecule has 0 spiro atoms. The third-order valence-corrected chi connectivity index (χ3v) is 1.31. The van der Waals surface area contributed by atoms with Crippen LogP contribution in [0.3, 0.4) is 0 Å². The standard InChI is InChI=1S/C8H14N2/c1-6(8(3)10)4-5-7(2)9/h4,9-10H,5H2,1-3H3. The number of nitrogens with one attached hydrogen (secondary N) is 2. The molecule has 0 bridgehead atoms. The first kappa shape index (κ1) is 9.08.